The van der Waals surface area contributed by atoms with Gasteiger partial charge in [-0.3, -0.25) is 4.57 Å². The van der Waals surface area contributed by atoms with E-state index in [9.17, 15) is 9.59 Å². The minimum absolute atomic E-state index is 0.285. The van der Waals surface area contributed by atoms with E-state index in [4.69, 9.17) is 9.47 Å². The van der Waals surface area contributed by atoms with Gasteiger partial charge in [0.05, 0.1) is 11.1 Å². The molecular formula is C35H46N2O4. The van der Waals surface area contributed by atoms with Crippen molar-refractivity contribution in [2.45, 2.75) is 97.2 Å². The first-order chi connectivity index (χ1) is 19.2. The minimum Gasteiger partial charge on any atom is -0.456 e. The Kier molecular flexibility index (Phi) is 7.84. The summed E-state index contributed by atoms with van der Waals surface area (Å²) in [5.41, 5.74) is 5.70. The number of likely N-dealkylation sites (N-methyl/N-ethyl adjacent to an activating group) is 1. The zero-order chi connectivity index (χ0) is 29.7. The second-order valence-electron chi connectivity index (χ2n) is 14.2. The predicted octanol–water partition coefficient (Wildman–Crippen LogP) is 7.84. The van der Waals surface area contributed by atoms with Gasteiger partial charge in [0.1, 0.15) is 11.2 Å². The SMILES string of the molecule is Cc1cc(C2CC2)c(C[C@@H]2CCN(C)C[C@H]2c2ccc(C(=O)OC(C)(C)C)cc2)c2ccn(C(=O)OC(C)(C)C)c12. The monoisotopic (exact) mass is 558 g/mol. The van der Waals surface area contributed by atoms with Gasteiger partial charge in [-0.05, 0) is 146 Å². The van der Waals surface area contributed by atoms with Gasteiger partial charge in [-0.1, -0.05) is 18.2 Å². The van der Waals surface area contributed by atoms with Gasteiger partial charge in [0.25, 0.3) is 0 Å². The van der Waals surface area contributed by atoms with Gasteiger partial charge < -0.3 is 14.4 Å². The van der Waals surface area contributed by atoms with Crippen LogP contribution in [0.2, 0.25) is 0 Å². The second kappa shape index (κ2) is 10.9. The first kappa shape index (κ1) is 29.4. The van der Waals surface area contributed by atoms with Crippen LogP contribution in [0, 0.1) is 12.8 Å². The number of piperidine rings is 1. The topological polar surface area (TPSA) is 60.8 Å². The highest BCUT2D eigenvalue weighted by Gasteiger charge is 2.34. The Bertz CT molecular complexity index is 1430. The van der Waals surface area contributed by atoms with Gasteiger partial charge in [-0.15, -0.1) is 0 Å². The molecule has 1 aliphatic carbocycles. The van der Waals surface area contributed by atoms with E-state index in [0.717, 1.165) is 37.0 Å². The summed E-state index contributed by atoms with van der Waals surface area (Å²) < 4.78 is 13.0. The molecule has 2 atom stereocenters. The number of nitrogens with zero attached hydrogens (tertiary/aromatic N) is 2. The molecule has 2 aliphatic rings. The number of fused-ring (bicyclic) bond motifs is 1. The maximum absolute atomic E-state index is 13.1. The molecule has 6 heteroatoms. The van der Waals surface area contributed by atoms with E-state index in [2.05, 4.69) is 43.1 Å². The zero-order valence-corrected chi connectivity index (χ0v) is 26.0. The molecule has 1 aromatic heterocycles. The summed E-state index contributed by atoms with van der Waals surface area (Å²) in [6.07, 6.45) is 6.08. The van der Waals surface area contributed by atoms with Gasteiger partial charge in [0, 0.05) is 18.1 Å². The maximum Gasteiger partial charge on any atom is 0.418 e. The Hall–Kier alpha value is -3.12. The Morgan fingerprint density at radius 2 is 1.59 bits per heavy atom. The van der Waals surface area contributed by atoms with Gasteiger partial charge in [0.2, 0.25) is 0 Å². The molecule has 0 spiro atoms. The molecule has 1 saturated heterocycles. The number of hydrogen-bond acceptors (Lipinski definition) is 5. The third-order valence-electron chi connectivity index (χ3n) is 8.31. The van der Waals surface area contributed by atoms with Crippen LogP contribution in [-0.4, -0.2) is 52.9 Å². The van der Waals surface area contributed by atoms with E-state index in [1.54, 1.807) is 4.57 Å². The van der Waals surface area contributed by atoms with Crippen LogP contribution in [-0.2, 0) is 15.9 Å². The van der Waals surface area contributed by atoms with Gasteiger partial charge >= 0.3 is 12.1 Å². The zero-order valence-electron chi connectivity index (χ0n) is 26.0. The fourth-order valence-corrected chi connectivity index (χ4v) is 6.32. The second-order valence-corrected chi connectivity index (χ2v) is 14.2. The summed E-state index contributed by atoms with van der Waals surface area (Å²) in [4.78, 5) is 28.2. The maximum atomic E-state index is 13.1. The Labute approximate surface area is 245 Å². The molecule has 5 rings (SSSR count). The van der Waals surface area contributed by atoms with Crippen molar-refractivity contribution in [3.8, 4) is 0 Å². The number of aromatic nitrogens is 1. The van der Waals surface area contributed by atoms with Crippen molar-refractivity contribution in [2.24, 2.45) is 5.92 Å². The Morgan fingerprint density at radius 1 is 0.927 bits per heavy atom. The highest BCUT2D eigenvalue weighted by atomic mass is 16.6. The molecule has 0 bridgehead atoms. The number of carbonyl (C=O) groups is 2. The van der Waals surface area contributed by atoms with E-state index in [0.29, 0.717) is 23.3 Å². The molecular weight excluding hydrogens is 512 g/mol. The number of esters is 1. The van der Waals surface area contributed by atoms with Crippen LogP contribution in [0.3, 0.4) is 0 Å². The van der Waals surface area contributed by atoms with Crippen LogP contribution < -0.4 is 0 Å². The van der Waals surface area contributed by atoms with E-state index >= 15 is 0 Å². The number of carbonyl (C=O) groups excluding carboxylic acids is 2. The third-order valence-corrected chi connectivity index (χ3v) is 8.31. The van der Waals surface area contributed by atoms with Crippen molar-refractivity contribution in [3.63, 3.8) is 0 Å². The van der Waals surface area contributed by atoms with Crippen molar-refractivity contribution in [3.05, 3.63) is 70.4 Å². The number of aryl methyl sites for hydroxylation is 1. The molecule has 1 saturated carbocycles. The summed E-state index contributed by atoms with van der Waals surface area (Å²) in [6.45, 7) is 15.5. The summed E-state index contributed by atoms with van der Waals surface area (Å²) in [5, 5.41) is 1.18. The fourth-order valence-electron chi connectivity index (χ4n) is 6.32. The molecule has 0 N–H and O–H groups in total. The fraction of sp³-hybridized carbons (Fsp3) is 0.543. The molecule has 2 aromatic carbocycles. The van der Waals surface area contributed by atoms with Crippen LogP contribution in [0.15, 0.2) is 42.6 Å². The first-order valence-corrected chi connectivity index (χ1v) is 15.1. The predicted molar refractivity (Wildman–Crippen MR) is 164 cm³/mol. The van der Waals surface area contributed by atoms with Crippen LogP contribution in [0.5, 0.6) is 0 Å². The lowest BCUT2D eigenvalue weighted by atomic mass is 9.76. The minimum atomic E-state index is -0.557. The highest BCUT2D eigenvalue weighted by Crippen LogP contribution is 2.46. The van der Waals surface area contributed by atoms with E-state index in [1.165, 1.54) is 34.9 Å². The highest BCUT2D eigenvalue weighted by molar-refractivity contribution is 5.94. The van der Waals surface area contributed by atoms with Crippen molar-refractivity contribution < 1.29 is 19.1 Å². The molecule has 220 valence electrons. The lowest BCUT2D eigenvalue weighted by Crippen LogP contribution is -2.37. The normalized spacial score (nSPS) is 20.3. The molecule has 0 amide bonds. The lowest BCUT2D eigenvalue weighted by Gasteiger charge is -2.38. The number of benzene rings is 2. The Balaban J connectivity index is 1.48. The van der Waals surface area contributed by atoms with E-state index < -0.39 is 11.2 Å². The molecule has 6 nitrogen and oxygen atoms in total. The summed E-state index contributed by atoms with van der Waals surface area (Å²) in [5.74, 6) is 1.12. The number of likely N-dealkylation sites (tertiary alicyclic amines) is 1. The molecule has 2 fully saturated rings. The van der Waals surface area contributed by atoms with Crippen LogP contribution in [0.25, 0.3) is 10.9 Å². The standard InChI is InChI=1S/C35H46N2O4/c1-22-19-28(23-9-10-23)29(27-16-18-37(31(22)27)33(39)41-35(5,6)7)20-26-15-17-36(8)21-30(26)24-11-13-25(14-12-24)32(38)40-34(2,3)4/h11-14,16,18-19,23,26,30H,9-10,15,17,20-21H2,1-8H3/t26-,30-/m0/s1. The first-order valence-electron chi connectivity index (χ1n) is 15.1. The lowest BCUT2D eigenvalue weighted by molar-refractivity contribution is 0.00691. The van der Waals surface area contributed by atoms with Crippen molar-refractivity contribution in [2.75, 3.05) is 20.1 Å². The van der Waals surface area contributed by atoms with Crippen LogP contribution in [0.1, 0.15) is 105 Å². The quantitative estimate of drug-likeness (QED) is 0.299. The number of rotatable bonds is 5. The third kappa shape index (κ3) is 6.69. The largest absolute Gasteiger partial charge is 0.456 e. The molecule has 0 unspecified atom stereocenters. The Morgan fingerprint density at radius 3 is 2.20 bits per heavy atom. The molecule has 3 aromatic rings. The summed E-state index contributed by atoms with van der Waals surface area (Å²) in [7, 11) is 2.19. The van der Waals surface area contributed by atoms with Gasteiger partial charge in [-0.25, -0.2) is 9.59 Å². The van der Waals surface area contributed by atoms with Crippen LogP contribution >= 0.6 is 0 Å². The van der Waals surface area contributed by atoms with Crippen LogP contribution in [0.4, 0.5) is 4.79 Å². The summed E-state index contributed by atoms with van der Waals surface area (Å²) in [6, 6.07) is 12.5. The van der Waals surface area contributed by atoms with Gasteiger partial charge in [0.15, 0.2) is 0 Å². The molecule has 0 radical (unpaired) electrons. The molecule has 1 aliphatic heterocycles. The van der Waals surface area contributed by atoms with Crippen molar-refractivity contribution >= 4 is 23.0 Å². The van der Waals surface area contributed by atoms with E-state index in [-0.39, 0.29) is 12.1 Å². The van der Waals surface area contributed by atoms with Gasteiger partial charge in [-0.2, -0.15) is 0 Å². The number of hydrogen-bond donors (Lipinski definition) is 0. The summed E-state index contributed by atoms with van der Waals surface area (Å²) >= 11 is 0. The average molecular weight is 559 g/mol. The number of ether oxygens (including phenoxy) is 2. The van der Waals surface area contributed by atoms with Crippen molar-refractivity contribution in [1.29, 1.82) is 0 Å². The molecule has 2 heterocycles. The van der Waals surface area contributed by atoms with E-state index in [1.807, 2.05) is 59.9 Å². The smallest absolute Gasteiger partial charge is 0.418 e. The molecule has 41 heavy (non-hydrogen) atoms. The van der Waals surface area contributed by atoms with Crippen molar-refractivity contribution in [1.82, 2.24) is 9.47 Å². The average Bonchev–Trinajstić information content (AvgIpc) is 3.61.